The summed E-state index contributed by atoms with van der Waals surface area (Å²) in [5, 5.41) is 0.766. The average Bonchev–Trinajstić information content (AvgIpc) is 2.55. The number of halogens is 2. The van der Waals surface area contributed by atoms with Gasteiger partial charge in [-0.1, -0.05) is 35.3 Å². The van der Waals surface area contributed by atoms with Crippen LogP contribution in [0.5, 0.6) is 5.75 Å². The zero-order valence-electron chi connectivity index (χ0n) is 16.1. The van der Waals surface area contributed by atoms with E-state index in [4.69, 9.17) is 27.9 Å². The first-order valence-electron chi connectivity index (χ1n) is 8.50. The number of hydrogen-bond acceptors (Lipinski definition) is 3. The molecule has 0 aromatic heterocycles. The Hall–Kier alpha value is -2.04. The van der Waals surface area contributed by atoms with E-state index in [1.807, 2.05) is 38.1 Å². The normalized spacial score (nSPS) is 11.2. The zero-order chi connectivity index (χ0) is 20.4. The van der Waals surface area contributed by atoms with Crippen molar-refractivity contribution in [2.75, 3.05) is 12.0 Å². The van der Waals surface area contributed by atoms with Gasteiger partial charge >= 0.3 is 0 Å². The summed E-state index contributed by atoms with van der Waals surface area (Å²) in [5.74, 6) is 0.372. The summed E-state index contributed by atoms with van der Waals surface area (Å²) in [4.78, 5) is 25.5. The molecule has 0 unspecified atom stereocenters. The summed E-state index contributed by atoms with van der Waals surface area (Å²) in [5.41, 5.74) is 1.69. The van der Waals surface area contributed by atoms with E-state index in [0.717, 1.165) is 16.8 Å². The third kappa shape index (κ3) is 4.63. The molecule has 0 radical (unpaired) electrons. The molecular formula is C21H23Cl2NO3. The van der Waals surface area contributed by atoms with Gasteiger partial charge in [0.05, 0.1) is 22.7 Å². The molecule has 0 saturated carbocycles. The topological polar surface area (TPSA) is 46.6 Å². The van der Waals surface area contributed by atoms with Crippen LogP contribution in [0.25, 0.3) is 0 Å². The second kappa shape index (κ2) is 8.32. The van der Waals surface area contributed by atoms with Gasteiger partial charge in [0.25, 0.3) is 0 Å². The number of benzene rings is 2. The Bertz CT molecular complexity index is 837. The van der Waals surface area contributed by atoms with Gasteiger partial charge in [0.1, 0.15) is 5.78 Å². The SMILES string of the molecule is COc1c(Cl)cc(C(C)(C)N(C(C)=O)c2ccc(CC(C)=O)cc2)cc1Cl. The number of carbonyl (C=O) groups is 2. The molecule has 144 valence electrons. The molecule has 0 saturated heterocycles. The van der Waals surface area contributed by atoms with Crippen molar-refractivity contribution < 1.29 is 14.3 Å². The van der Waals surface area contributed by atoms with E-state index < -0.39 is 5.54 Å². The van der Waals surface area contributed by atoms with Crippen molar-refractivity contribution in [1.82, 2.24) is 0 Å². The van der Waals surface area contributed by atoms with E-state index in [1.54, 1.807) is 24.0 Å². The molecule has 0 N–H and O–H groups in total. The highest BCUT2D eigenvalue weighted by Gasteiger charge is 2.33. The van der Waals surface area contributed by atoms with E-state index in [9.17, 15) is 9.59 Å². The molecule has 0 aliphatic rings. The van der Waals surface area contributed by atoms with Crippen molar-refractivity contribution in [2.45, 2.75) is 39.7 Å². The van der Waals surface area contributed by atoms with Crippen LogP contribution in [0.4, 0.5) is 5.69 Å². The fourth-order valence-electron chi connectivity index (χ4n) is 3.19. The molecule has 6 heteroatoms. The average molecular weight is 408 g/mol. The lowest BCUT2D eigenvalue weighted by molar-refractivity contribution is -0.118. The van der Waals surface area contributed by atoms with Gasteiger partial charge in [-0.25, -0.2) is 0 Å². The smallest absolute Gasteiger partial charge is 0.224 e. The lowest BCUT2D eigenvalue weighted by atomic mass is 9.91. The number of Topliss-reactive ketones (excluding diaryl/α,β-unsaturated/α-hetero) is 1. The standard InChI is InChI=1S/C21H23Cl2NO3/c1-13(25)10-15-6-8-17(9-7-15)24(14(2)26)21(3,4)16-11-18(22)20(27-5)19(23)12-16/h6-9,11-12H,10H2,1-5H3. The van der Waals surface area contributed by atoms with Gasteiger partial charge in [0, 0.05) is 19.0 Å². The van der Waals surface area contributed by atoms with Crippen LogP contribution in [-0.2, 0) is 21.5 Å². The van der Waals surface area contributed by atoms with E-state index in [1.165, 1.54) is 14.0 Å². The number of methoxy groups -OCH3 is 1. The molecule has 2 aromatic rings. The van der Waals surface area contributed by atoms with Gasteiger partial charge in [-0.2, -0.15) is 0 Å². The Morgan fingerprint density at radius 2 is 1.56 bits per heavy atom. The van der Waals surface area contributed by atoms with Crippen molar-refractivity contribution in [3.05, 3.63) is 57.6 Å². The van der Waals surface area contributed by atoms with Crippen LogP contribution in [0, 0.1) is 0 Å². The number of amides is 1. The lowest BCUT2D eigenvalue weighted by Crippen LogP contribution is -2.45. The minimum atomic E-state index is -0.715. The summed E-state index contributed by atoms with van der Waals surface area (Å²) >= 11 is 12.6. The van der Waals surface area contributed by atoms with Crippen LogP contribution >= 0.6 is 23.2 Å². The monoisotopic (exact) mass is 407 g/mol. The second-order valence-corrected chi connectivity index (χ2v) is 7.75. The predicted molar refractivity (Wildman–Crippen MR) is 110 cm³/mol. The quantitative estimate of drug-likeness (QED) is 0.641. The molecule has 0 aliphatic heterocycles. The van der Waals surface area contributed by atoms with Gasteiger partial charge in [-0.15, -0.1) is 0 Å². The Kier molecular flexibility index (Phi) is 6.55. The highest BCUT2D eigenvalue weighted by atomic mass is 35.5. The molecule has 0 fully saturated rings. The Balaban J connectivity index is 2.49. The van der Waals surface area contributed by atoms with Crippen LogP contribution < -0.4 is 9.64 Å². The first-order chi connectivity index (χ1) is 12.6. The van der Waals surface area contributed by atoms with Crippen molar-refractivity contribution >= 4 is 40.6 Å². The molecule has 0 spiro atoms. The maximum atomic E-state index is 12.5. The Morgan fingerprint density at radius 3 is 1.96 bits per heavy atom. The highest BCUT2D eigenvalue weighted by Crippen LogP contribution is 2.40. The molecule has 27 heavy (non-hydrogen) atoms. The second-order valence-electron chi connectivity index (χ2n) is 6.93. The van der Waals surface area contributed by atoms with Crippen molar-refractivity contribution in [1.29, 1.82) is 0 Å². The summed E-state index contributed by atoms with van der Waals surface area (Å²) in [6, 6.07) is 10.9. The minimum Gasteiger partial charge on any atom is -0.494 e. The van der Waals surface area contributed by atoms with Crippen LogP contribution in [0.2, 0.25) is 10.0 Å². The maximum Gasteiger partial charge on any atom is 0.224 e. The highest BCUT2D eigenvalue weighted by molar-refractivity contribution is 6.37. The summed E-state index contributed by atoms with van der Waals surface area (Å²) < 4.78 is 5.21. The molecule has 0 heterocycles. The number of anilines is 1. The third-order valence-corrected chi connectivity index (χ3v) is 4.99. The lowest BCUT2D eigenvalue weighted by Gasteiger charge is -2.39. The van der Waals surface area contributed by atoms with Gasteiger partial charge in [0.15, 0.2) is 5.75 Å². The molecule has 0 atom stereocenters. The van der Waals surface area contributed by atoms with Crippen LogP contribution in [0.3, 0.4) is 0 Å². The van der Waals surface area contributed by atoms with Gasteiger partial charge in [-0.05, 0) is 56.2 Å². The maximum absolute atomic E-state index is 12.5. The fourth-order valence-corrected chi connectivity index (χ4v) is 3.83. The van der Waals surface area contributed by atoms with Gasteiger partial charge < -0.3 is 9.64 Å². The molecule has 2 aromatic carbocycles. The Morgan fingerprint density at radius 1 is 1.04 bits per heavy atom. The minimum absolute atomic E-state index is 0.0917. The Labute approximate surface area is 170 Å². The van der Waals surface area contributed by atoms with Gasteiger partial charge in [0.2, 0.25) is 5.91 Å². The van der Waals surface area contributed by atoms with Crippen molar-refractivity contribution in [3.8, 4) is 5.75 Å². The molecule has 0 aliphatic carbocycles. The van der Waals surface area contributed by atoms with E-state index in [0.29, 0.717) is 22.2 Å². The largest absolute Gasteiger partial charge is 0.494 e. The zero-order valence-corrected chi connectivity index (χ0v) is 17.6. The van der Waals surface area contributed by atoms with Crippen molar-refractivity contribution in [3.63, 3.8) is 0 Å². The fraction of sp³-hybridized carbons (Fsp3) is 0.333. The van der Waals surface area contributed by atoms with E-state index in [2.05, 4.69) is 0 Å². The van der Waals surface area contributed by atoms with Gasteiger partial charge in [-0.3, -0.25) is 9.59 Å². The number of rotatable bonds is 6. The third-order valence-electron chi connectivity index (χ3n) is 4.43. The summed E-state index contributed by atoms with van der Waals surface area (Å²) in [7, 11) is 1.50. The van der Waals surface area contributed by atoms with Crippen LogP contribution in [-0.4, -0.2) is 18.8 Å². The van der Waals surface area contributed by atoms with Crippen LogP contribution in [0.1, 0.15) is 38.8 Å². The first-order valence-corrected chi connectivity index (χ1v) is 9.26. The van der Waals surface area contributed by atoms with Crippen LogP contribution in [0.15, 0.2) is 36.4 Å². The van der Waals surface area contributed by atoms with E-state index in [-0.39, 0.29) is 11.7 Å². The molecule has 1 amide bonds. The van der Waals surface area contributed by atoms with Crippen molar-refractivity contribution in [2.24, 2.45) is 0 Å². The number of ketones is 1. The predicted octanol–water partition coefficient (Wildman–Crippen LogP) is 5.42. The molecule has 2 rings (SSSR count). The first kappa shape index (κ1) is 21.3. The number of ether oxygens (including phenoxy) is 1. The molecule has 0 bridgehead atoms. The number of nitrogens with zero attached hydrogens (tertiary/aromatic N) is 1. The summed E-state index contributed by atoms with van der Waals surface area (Å²) in [6.07, 6.45) is 0.368. The molecule has 4 nitrogen and oxygen atoms in total. The number of hydrogen-bond donors (Lipinski definition) is 0. The summed E-state index contributed by atoms with van der Waals surface area (Å²) in [6.45, 7) is 6.91. The number of carbonyl (C=O) groups excluding carboxylic acids is 2. The molecular weight excluding hydrogens is 385 g/mol. The van der Waals surface area contributed by atoms with E-state index >= 15 is 0 Å².